The monoisotopic (exact) mass is 287 g/mol. The van der Waals surface area contributed by atoms with Crippen molar-refractivity contribution in [2.45, 2.75) is 6.92 Å². The van der Waals surface area contributed by atoms with Gasteiger partial charge in [-0.1, -0.05) is 5.92 Å². The molecule has 0 saturated heterocycles. The minimum Gasteiger partial charge on any atom is -0.481 e. The van der Waals surface area contributed by atoms with Crippen molar-refractivity contribution in [3.63, 3.8) is 0 Å². The second-order valence-corrected chi connectivity index (χ2v) is 5.24. The van der Waals surface area contributed by atoms with Crippen molar-refractivity contribution in [3.8, 4) is 28.7 Å². The first-order valence-corrected chi connectivity index (χ1v) is 6.68. The third-order valence-electron chi connectivity index (χ3n) is 2.52. The van der Waals surface area contributed by atoms with E-state index < -0.39 is 5.97 Å². The zero-order valence-corrected chi connectivity index (χ0v) is 12.0. The number of methoxy groups -OCH3 is 1. The fourth-order valence-corrected chi connectivity index (χ4v) is 2.41. The molecule has 0 atom stereocenters. The standard InChI is InChI=1S/C15H13NO3S/c1-4-5-19-13-7-11(14-16-9-10(2)20-14)6-12(8-13)15(17)18-3/h1,6-9H,5H2,2-3H3. The number of hydrogen-bond acceptors (Lipinski definition) is 5. The van der Waals surface area contributed by atoms with E-state index in [0.29, 0.717) is 11.3 Å². The van der Waals surface area contributed by atoms with E-state index in [1.54, 1.807) is 29.7 Å². The molecule has 0 aliphatic heterocycles. The second kappa shape index (κ2) is 6.22. The predicted molar refractivity (Wildman–Crippen MR) is 78.0 cm³/mol. The SMILES string of the molecule is C#CCOc1cc(C(=O)OC)cc(-c2ncc(C)s2)c1. The molecule has 5 heteroatoms. The van der Waals surface area contributed by atoms with E-state index in [1.807, 2.05) is 13.0 Å². The van der Waals surface area contributed by atoms with Crippen LogP contribution in [0.15, 0.2) is 24.4 Å². The maximum Gasteiger partial charge on any atom is 0.338 e. The molecule has 1 heterocycles. The number of carbonyl (C=O) groups excluding carboxylic acids is 1. The van der Waals surface area contributed by atoms with Crippen molar-refractivity contribution in [3.05, 3.63) is 34.8 Å². The summed E-state index contributed by atoms with van der Waals surface area (Å²) in [4.78, 5) is 17.1. The number of aryl methyl sites for hydroxylation is 1. The van der Waals surface area contributed by atoms with Crippen LogP contribution in [-0.2, 0) is 4.74 Å². The van der Waals surface area contributed by atoms with E-state index in [1.165, 1.54) is 7.11 Å². The summed E-state index contributed by atoms with van der Waals surface area (Å²) in [5, 5.41) is 0.818. The lowest BCUT2D eigenvalue weighted by atomic mass is 10.1. The van der Waals surface area contributed by atoms with Gasteiger partial charge in [0.25, 0.3) is 0 Å². The van der Waals surface area contributed by atoms with E-state index in [4.69, 9.17) is 15.9 Å². The summed E-state index contributed by atoms with van der Waals surface area (Å²) in [5.41, 5.74) is 1.21. The van der Waals surface area contributed by atoms with Gasteiger partial charge < -0.3 is 9.47 Å². The van der Waals surface area contributed by atoms with Gasteiger partial charge in [0.15, 0.2) is 0 Å². The van der Waals surface area contributed by atoms with Crippen LogP contribution < -0.4 is 4.74 Å². The van der Waals surface area contributed by atoms with E-state index >= 15 is 0 Å². The zero-order valence-electron chi connectivity index (χ0n) is 11.2. The van der Waals surface area contributed by atoms with Gasteiger partial charge in [0.2, 0.25) is 0 Å². The Balaban J connectivity index is 2.45. The molecule has 0 radical (unpaired) electrons. The molecule has 0 spiro atoms. The molecular formula is C15H13NO3S. The summed E-state index contributed by atoms with van der Waals surface area (Å²) < 4.78 is 10.1. The van der Waals surface area contributed by atoms with Crippen LogP contribution in [-0.4, -0.2) is 24.7 Å². The van der Waals surface area contributed by atoms with Crippen molar-refractivity contribution in [1.82, 2.24) is 4.98 Å². The third-order valence-corrected chi connectivity index (χ3v) is 3.48. The van der Waals surface area contributed by atoms with Crippen LogP contribution in [0.25, 0.3) is 10.6 Å². The molecule has 2 aromatic rings. The van der Waals surface area contributed by atoms with Crippen LogP contribution in [0.2, 0.25) is 0 Å². The Morgan fingerprint density at radius 3 is 2.85 bits per heavy atom. The van der Waals surface area contributed by atoms with Gasteiger partial charge in [0.05, 0.1) is 12.7 Å². The summed E-state index contributed by atoms with van der Waals surface area (Å²) in [6, 6.07) is 5.14. The molecule has 0 aliphatic carbocycles. The number of rotatable bonds is 4. The molecule has 102 valence electrons. The van der Waals surface area contributed by atoms with Crippen molar-refractivity contribution >= 4 is 17.3 Å². The Hall–Kier alpha value is -2.32. The molecule has 0 bridgehead atoms. The fraction of sp³-hybridized carbons (Fsp3) is 0.200. The van der Waals surface area contributed by atoms with Crippen LogP contribution >= 0.6 is 11.3 Å². The Morgan fingerprint density at radius 1 is 1.45 bits per heavy atom. The number of hydrogen-bond donors (Lipinski definition) is 0. The largest absolute Gasteiger partial charge is 0.481 e. The number of terminal acetylenes is 1. The Labute approximate surface area is 121 Å². The molecular weight excluding hydrogens is 274 g/mol. The van der Waals surface area contributed by atoms with E-state index in [2.05, 4.69) is 10.9 Å². The highest BCUT2D eigenvalue weighted by molar-refractivity contribution is 7.14. The van der Waals surface area contributed by atoms with E-state index in [-0.39, 0.29) is 6.61 Å². The fourth-order valence-electron chi connectivity index (χ4n) is 1.65. The first kappa shape index (κ1) is 14.1. The van der Waals surface area contributed by atoms with Crippen molar-refractivity contribution in [2.75, 3.05) is 13.7 Å². The minimum absolute atomic E-state index is 0.140. The number of aromatic nitrogens is 1. The number of esters is 1. The molecule has 0 N–H and O–H groups in total. The average Bonchev–Trinajstić information content (AvgIpc) is 2.90. The number of thiazole rings is 1. The van der Waals surface area contributed by atoms with Crippen LogP contribution in [0.3, 0.4) is 0 Å². The van der Waals surface area contributed by atoms with Crippen LogP contribution in [0, 0.1) is 19.3 Å². The maximum atomic E-state index is 11.7. The molecule has 0 saturated carbocycles. The zero-order chi connectivity index (χ0) is 14.5. The lowest BCUT2D eigenvalue weighted by Gasteiger charge is -2.07. The van der Waals surface area contributed by atoms with Crippen LogP contribution in [0.5, 0.6) is 5.75 Å². The lowest BCUT2D eigenvalue weighted by molar-refractivity contribution is 0.0600. The second-order valence-electron chi connectivity index (χ2n) is 4.01. The maximum absolute atomic E-state index is 11.7. The first-order chi connectivity index (χ1) is 9.63. The molecule has 20 heavy (non-hydrogen) atoms. The minimum atomic E-state index is -0.425. The van der Waals surface area contributed by atoms with Gasteiger partial charge in [-0.05, 0) is 25.1 Å². The van der Waals surface area contributed by atoms with Gasteiger partial charge in [-0.25, -0.2) is 9.78 Å². The van der Waals surface area contributed by atoms with Crippen LogP contribution in [0.1, 0.15) is 15.2 Å². The highest BCUT2D eigenvalue weighted by Gasteiger charge is 2.12. The van der Waals surface area contributed by atoms with Crippen molar-refractivity contribution in [1.29, 1.82) is 0 Å². The van der Waals surface area contributed by atoms with Gasteiger partial charge in [-0.15, -0.1) is 17.8 Å². The molecule has 1 aromatic heterocycles. The van der Waals surface area contributed by atoms with Crippen LogP contribution in [0.4, 0.5) is 0 Å². The molecule has 1 aromatic carbocycles. The first-order valence-electron chi connectivity index (χ1n) is 5.86. The summed E-state index contributed by atoms with van der Waals surface area (Å²) in [6.07, 6.45) is 6.96. The Kier molecular flexibility index (Phi) is 4.38. The number of ether oxygens (including phenoxy) is 2. The number of carbonyl (C=O) groups is 1. The summed E-state index contributed by atoms with van der Waals surface area (Å²) in [6.45, 7) is 2.11. The summed E-state index contributed by atoms with van der Waals surface area (Å²) >= 11 is 1.54. The number of nitrogens with zero attached hydrogens (tertiary/aromatic N) is 1. The molecule has 0 aliphatic rings. The predicted octanol–water partition coefficient (Wildman–Crippen LogP) is 2.92. The van der Waals surface area contributed by atoms with E-state index in [0.717, 1.165) is 15.4 Å². The molecule has 2 rings (SSSR count). The highest BCUT2D eigenvalue weighted by Crippen LogP contribution is 2.29. The van der Waals surface area contributed by atoms with Gasteiger partial charge >= 0.3 is 5.97 Å². The quantitative estimate of drug-likeness (QED) is 0.641. The Bertz CT molecular complexity index is 670. The van der Waals surface area contributed by atoms with Crippen molar-refractivity contribution < 1.29 is 14.3 Å². The smallest absolute Gasteiger partial charge is 0.338 e. The average molecular weight is 287 g/mol. The number of benzene rings is 1. The Morgan fingerprint density at radius 2 is 2.25 bits per heavy atom. The highest BCUT2D eigenvalue weighted by atomic mass is 32.1. The van der Waals surface area contributed by atoms with Gasteiger partial charge in [0.1, 0.15) is 17.4 Å². The van der Waals surface area contributed by atoms with Gasteiger partial charge in [-0.3, -0.25) is 0 Å². The third kappa shape index (κ3) is 3.16. The summed E-state index contributed by atoms with van der Waals surface area (Å²) in [7, 11) is 1.34. The molecule has 0 unspecified atom stereocenters. The van der Waals surface area contributed by atoms with E-state index in [9.17, 15) is 4.79 Å². The molecule has 0 fully saturated rings. The van der Waals surface area contributed by atoms with Gasteiger partial charge in [0, 0.05) is 16.6 Å². The lowest BCUT2D eigenvalue weighted by Crippen LogP contribution is -2.03. The normalized spacial score (nSPS) is 9.85. The van der Waals surface area contributed by atoms with Gasteiger partial charge in [-0.2, -0.15) is 0 Å². The molecule has 4 nitrogen and oxygen atoms in total. The molecule has 0 amide bonds. The summed E-state index contributed by atoms with van der Waals surface area (Å²) in [5.74, 6) is 2.49. The topological polar surface area (TPSA) is 48.4 Å². The van der Waals surface area contributed by atoms with Crippen molar-refractivity contribution in [2.24, 2.45) is 0 Å².